The average Bonchev–Trinajstić information content (AvgIpc) is 3.21. The number of hydrogen-bond acceptors (Lipinski definition) is 4. The van der Waals surface area contributed by atoms with Gasteiger partial charge >= 0.3 is 0 Å². The number of benzene rings is 1. The SMILES string of the molecule is CCCCC1C(=O)N(C)CCN1C(=O)c1ccccc1NCc1cccs1. The number of piperazine rings is 1. The molecule has 1 fully saturated rings. The normalized spacial score (nSPS) is 17.3. The number of hydrogen-bond donors (Lipinski definition) is 1. The molecule has 0 spiro atoms. The fourth-order valence-corrected chi connectivity index (χ4v) is 4.05. The number of rotatable bonds is 7. The molecule has 1 aromatic heterocycles. The Morgan fingerprint density at radius 1 is 1.22 bits per heavy atom. The summed E-state index contributed by atoms with van der Waals surface area (Å²) in [5.41, 5.74) is 1.45. The summed E-state index contributed by atoms with van der Waals surface area (Å²) >= 11 is 1.69. The first-order chi connectivity index (χ1) is 13.1. The Hall–Kier alpha value is -2.34. The minimum atomic E-state index is -0.360. The van der Waals surface area contributed by atoms with Crippen molar-refractivity contribution in [2.75, 3.05) is 25.5 Å². The molecule has 2 aromatic rings. The molecule has 0 radical (unpaired) electrons. The van der Waals surface area contributed by atoms with E-state index in [0.29, 0.717) is 25.2 Å². The van der Waals surface area contributed by atoms with Crippen molar-refractivity contribution >= 4 is 28.8 Å². The standard InChI is InChI=1S/C21H27N3O2S/c1-3-4-11-19-21(26)23(2)12-13-24(19)20(25)17-9-5-6-10-18(17)22-15-16-8-7-14-27-16/h5-10,14,19,22H,3-4,11-13,15H2,1-2H3. The predicted molar refractivity (Wildman–Crippen MR) is 110 cm³/mol. The highest BCUT2D eigenvalue weighted by Gasteiger charge is 2.36. The van der Waals surface area contributed by atoms with Crippen LogP contribution in [-0.2, 0) is 11.3 Å². The van der Waals surface area contributed by atoms with Crippen molar-refractivity contribution in [3.05, 3.63) is 52.2 Å². The summed E-state index contributed by atoms with van der Waals surface area (Å²) in [4.78, 5) is 30.7. The van der Waals surface area contributed by atoms with Crippen LogP contribution in [0.5, 0.6) is 0 Å². The van der Waals surface area contributed by atoms with Crippen LogP contribution in [0.2, 0.25) is 0 Å². The maximum Gasteiger partial charge on any atom is 0.256 e. The van der Waals surface area contributed by atoms with Crippen LogP contribution in [0.25, 0.3) is 0 Å². The smallest absolute Gasteiger partial charge is 0.256 e. The molecule has 144 valence electrons. The second-order valence-corrected chi connectivity index (χ2v) is 7.93. The first-order valence-electron chi connectivity index (χ1n) is 9.53. The lowest BCUT2D eigenvalue weighted by Crippen LogP contribution is -2.57. The van der Waals surface area contributed by atoms with Gasteiger partial charge in [0.05, 0.1) is 5.56 Å². The van der Waals surface area contributed by atoms with Gasteiger partial charge in [-0.05, 0) is 30.0 Å². The summed E-state index contributed by atoms with van der Waals surface area (Å²) in [5.74, 6) is -0.0149. The van der Waals surface area contributed by atoms with Gasteiger partial charge in [-0.3, -0.25) is 9.59 Å². The fourth-order valence-electron chi connectivity index (χ4n) is 3.41. The van der Waals surface area contributed by atoms with Gasteiger partial charge in [-0.15, -0.1) is 11.3 Å². The van der Waals surface area contributed by atoms with Crippen molar-refractivity contribution in [3.63, 3.8) is 0 Å². The lowest BCUT2D eigenvalue weighted by molar-refractivity contribution is -0.138. The average molecular weight is 386 g/mol. The van der Waals surface area contributed by atoms with Crippen molar-refractivity contribution in [2.24, 2.45) is 0 Å². The molecule has 0 saturated carbocycles. The highest BCUT2D eigenvalue weighted by Crippen LogP contribution is 2.24. The molecule has 2 amide bonds. The van der Waals surface area contributed by atoms with Crippen LogP contribution in [0, 0.1) is 0 Å². The molecule has 1 unspecified atom stereocenters. The molecule has 1 aliphatic heterocycles. The van der Waals surface area contributed by atoms with Gasteiger partial charge in [0.25, 0.3) is 5.91 Å². The molecule has 1 aliphatic rings. The molecule has 3 rings (SSSR count). The Morgan fingerprint density at radius 2 is 2.04 bits per heavy atom. The number of anilines is 1. The van der Waals surface area contributed by atoms with E-state index in [1.165, 1.54) is 4.88 Å². The molecule has 1 N–H and O–H groups in total. The predicted octanol–water partition coefficient (Wildman–Crippen LogP) is 3.83. The molecule has 6 heteroatoms. The van der Waals surface area contributed by atoms with E-state index >= 15 is 0 Å². The monoisotopic (exact) mass is 385 g/mol. The van der Waals surface area contributed by atoms with Crippen molar-refractivity contribution in [3.8, 4) is 0 Å². The number of unbranched alkanes of at least 4 members (excludes halogenated alkanes) is 1. The maximum absolute atomic E-state index is 13.3. The minimum absolute atomic E-state index is 0.0482. The van der Waals surface area contributed by atoms with Crippen molar-refractivity contribution < 1.29 is 9.59 Å². The molecular formula is C21H27N3O2S. The van der Waals surface area contributed by atoms with Gasteiger partial charge in [0.1, 0.15) is 6.04 Å². The zero-order valence-corrected chi connectivity index (χ0v) is 16.8. The topological polar surface area (TPSA) is 52.7 Å². The van der Waals surface area contributed by atoms with Crippen LogP contribution >= 0.6 is 11.3 Å². The third-order valence-corrected chi connectivity index (χ3v) is 5.87. The number of amides is 2. The van der Waals surface area contributed by atoms with Gasteiger partial charge in [0, 0.05) is 37.2 Å². The van der Waals surface area contributed by atoms with Crippen LogP contribution in [0.15, 0.2) is 41.8 Å². The summed E-state index contributed by atoms with van der Waals surface area (Å²) in [5, 5.41) is 5.43. The Bertz CT molecular complexity index is 775. The van der Waals surface area contributed by atoms with Gasteiger partial charge < -0.3 is 15.1 Å². The first-order valence-corrected chi connectivity index (χ1v) is 10.4. The van der Waals surface area contributed by atoms with E-state index < -0.39 is 0 Å². The number of nitrogens with zero attached hydrogens (tertiary/aromatic N) is 2. The molecule has 1 saturated heterocycles. The van der Waals surface area contributed by atoms with Gasteiger partial charge in [0.2, 0.25) is 5.91 Å². The number of likely N-dealkylation sites (N-methyl/N-ethyl adjacent to an activating group) is 1. The minimum Gasteiger partial charge on any atom is -0.380 e. The number of nitrogens with one attached hydrogen (secondary N) is 1. The van der Waals surface area contributed by atoms with E-state index in [0.717, 1.165) is 24.9 Å². The largest absolute Gasteiger partial charge is 0.380 e. The molecule has 5 nitrogen and oxygen atoms in total. The zero-order valence-electron chi connectivity index (χ0n) is 16.0. The van der Waals surface area contributed by atoms with Crippen LogP contribution in [0.3, 0.4) is 0 Å². The summed E-state index contributed by atoms with van der Waals surface area (Å²) in [6, 6.07) is 11.3. The zero-order chi connectivity index (χ0) is 19.2. The summed E-state index contributed by atoms with van der Waals surface area (Å²) in [6.45, 7) is 3.95. The van der Waals surface area contributed by atoms with Crippen molar-refractivity contribution in [1.82, 2.24) is 9.80 Å². The van der Waals surface area contributed by atoms with E-state index in [1.54, 1.807) is 21.1 Å². The lowest BCUT2D eigenvalue weighted by atomic mass is 10.0. The Morgan fingerprint density at radius 3 is 2.78 bits per heavy atom. The Labute approximate surface area is 165 Å². The number of carbonyl (C=O) groups excluding carboxylic acids is 2. The first kappa shape index (κ1) is 19.4. The molecule has 27 heavy (non-hydrogen) atoms. The van der Waals surface area contributed by atoms with Crippen LogP contribution in [0.1, 0.15) is 41.4 Å². The van der Waals surface area contributed by atoms with Crippen LogP contribution < -0.4 is 5.32 Å². The van der Waals surface area contributed by atoms with Gasteiger partial charge in [0.15, 0.2) is 0 Å². The third-order valence-electron chi connectivity index (χ3n) is 5.00. The molecular weight excluding hydrogens is 358 g/mol. The van der Waals surface area contributed by atoms with E-state index in [2.05, 4.69) is 18.3 Å². The summed E-state index contributed by atoms with van der Waals surface area (Å²) < 4.78 is 0. The lowest BCUT2D eigenvalue weighted by Gasteiger charge is -2.39. The molecule has 0 aliphatic carbocycles. The maximum atomic E-state index is 13.3. The van der Waals surface area contributed by atoms with Gasteiger partial charge in [-0.2, -0.15) is 0 Å². The quantitative estimate of drug-likeness (QED) is 0.788. The van der Waals surface area contributed by atoms with E-state index in [1.807, 2.05) is 42.8 Å². The summed E-state index contributed by atoms with van der Waals surface area (Å²) in [7, 11) is 1.82. The van der Waals surface area contributed by atoms with Gasteiger partial charge in [-0.1, -0.05) is 38.0 Å². The molecule has 2 heterocycles. The third kappa shape index (κ3) is 4.50. The van der Waals surface area contributed by atoms with Crippen LogP contribution in [0.4, 0.5) is 5.69 Å². The number of para-hydroxylation sites is 1. The second-order valence-electron chi connectivity index (χ2n) is 6.89. The highest BCUT2D eigenvalue weighted by molar-refractivity contribution is 7.09. The fraction of sp³-hybridized carbons (Fsp3) is 0.429. The van der Waals surface area contributed by atoms with Crippen LogP contribution in [-0.4, -0.2) is 47.8 Å². The van der Waals surface area contributed by atoms with E-state index in [-0.39, 0.29) is 17.9 Å². The summed E-state index contributed by atoms with van der Waals surface area (Å²) in [6.07, 6.45) is 2.66. The Balaban J connectivity index is 1.80. The van der Waals surface area contributed by atoms with E-state index in [9.17, 15) is 9.59 Å². The van der Waals surface area contributed by atoms with Gasteiger partial charge in [-0.25, -0.2) is 0 Å². The molecule has 0 bridgehead atoms. The van der Waals surface area contributed by atoms with Crippen molar-refractivity contribution in [2.45, 2.75) is 38.8 Å². The van der Waals surface area contributed by atoms with E-state index in [4.69, 9.17) is 0 Å². The molecule has 1 aromatic carbocycles. The highest BCUT2D eigenvalue weighted by atomic mass is 32.1. The molecule has 1 atom stereocenters. The van der Waals surface area contributed by atoms with Crippen molar-refractivity contribution in [1.29, 1.82) is 0 Å². The number of thiophene rings is 1. The Kier molecular flexibility index (Phi) is 6.50. The number of carbonyl (C=O) groups is 2. The second kappa shape index (κ2) is 9.04.